The van der Waals surface area contributed by atoms with Gasteiger partial charge >= 0.3 is 0 Å². The molecule has 2 fully saturated rings. The molecule has 3 heteroatoms. The fraction of sp³-hybridized carbons (Fsp3) is 0.667. The maximum Gasteiger partial charge on any atom is 0.0726 e. The molecule has 0 N–H and O–H groups in total. The average Bonchev–Trinajstić information content (AvgIpc) is 2.56. The van der Waals surface area contributed by atoms with E-state index in [1.165, 1.54) is 57.4 Å². The average molecular weight is 288 g/mol. The Labute approximate surface area is 128 Å². The summed E-state index contributed by atoms with van der Waals surface area (Å²) < 4.78 is 5.72. The second-order valence-electron chi connectivity index (χ2n) is 6.42. The number of nitrogens with zero attached hydrogens (tertiary/aromatic N) is 2. The summed E-state index contributed by atoms with van der Waals surface area (Å²) in [6.07, 6.45) is 5.72. The Morgan fingerprint density at radius 1 is 1.00 bits per heavy atom. The predicted molar refractivity (Wildman–Crippen MR) is 86.3 cm³/mol. The molecule has 1 aromatic carbocycles. The molecule has 0 spiro atoms. The van der Waals surface area contributed by atoms with Crippen LogP contribution in [0.3, 0.4) is 0 Å². The third-order valence-electron chi connectivity index (χ3n) is 5.10. The summed E-state index contributed by atoms with van der Waals surface area (Å²) in [7, 11) is 1.88. The molecule has 1 aliphatic heterocycles. The van der Waals surface area contributed by atoms with Crippen LogP contribution in [0.2, 0.25) is 0 Å². The Balaban J connectivity index is 1.50. The molecule has 116 valence electrons. The van der Waals surface area contributed by atoms with Crippen molar-refractivity contribution in [3.8, 4) is 0 Å². The van der Waals surface area contributed by atoms with E-state index in [0.717, 1.165) is 6.54 Å². The van der Waals surface area contributed by atoms with E-state index in [2.05, 4.69) is 40.1 Å². The molecule has 0 bridgehead atoms. The van der Waals surface area contributed by atoms with E-state index in [1.54, 1.807) is 0 Å². The van der Waals surface area contributed by atoms with Crippen LogP contribution in [-0.2, 0) is 11.3 Å². The Hall–Kier alpha value is -0.900. The molecule has 0 aromatic heterocycles. The van der Waals surface area contributed by atoms with Crippen LogP contribution in [0.1, 0.15) is 31.2 Å². The summed E-state index contributed by atoms with van der Waals surface area (Å²) in [5, 5.41) is 0. The molecule has 1 aliphatic carbocycles. The van der Waals surface area contributed by atoms with Crippen molar-refractivity contribution in [3.05, 3.63) is 35.9 Å². The van der Waals surface area contributed by atoms with E-state index in [4.69, 9.17) is 4.74 Å². The van der Waals surface area contributed by atoms with Crippen molar-refractivity contribution >= 4 is 0 Å². The molecular formula is C18H28N2O. The number of methoxy groups -OCH3 is 1. The van der Waals surface area contributed by atoms with Crippen molar-refractivity contribution in [1.82, 2.24) is 9.80 Å². The lowest BCUT2D eigenvalue weighted by molar-refractivity contribution is -0.0279. The topological polar surface area (TPSA) is 15.7 Å². The van der Waals surface area contributed by atoms with Crippen LogP contribution in [0.25, 0.3) is 0 Å². The van der Waals surface area contributed by atoms with E-state index in [9.17, 15) is 0 Å². The van der Waals surface area contributed by atoms with Gasteiger partial charge in [0.15, 0.2) is 0 Å². The number of ether oxygens (including phenoxy) is 1. The highest BCUT2D eigenvalue weighted by atomic mass is 16.5. The first-order valence-corrected chi connectivity index (χ1v) is 8.40. The highest BCUT2D eigenvalue weighted by Crippen LogP contribution is 2.26. The van der Waals surface area contributed by atoms with E-state index < -0.39 is 0 Å². The van der Waals surface area contributed by atoms with Crippen molar-refractivity contribution in [2.45, 2.75) is 44.4 Å². The third kappa shape index (κ3) is 3.85. The van der Waals surface area contributed by atoms with E-state index in [0.29, 0.717) is 12.1 Å². The van der Waals surface area contributed by atoms with Crippen LogP contribution in [0.15, 0.2) is 30.3 Å². The monoisotopic (exact) mass is 288 g/mol. The van der Waals surface area contributed by atoms with Crippen LogP contribution >= 0.6 is 0 Å². The Kier molecular flexibility index (Phi) is 5.28. The van der Waals surface area contributed by atoms with E-state index >= 15 is 0 Å². The lowest BCUT2D eigenvalue weighted by Gasteiger charge is -2.43. The second kappa shape index (κ2) is 7.39. The summed E-state index contributed by atoms with van der Waals surface area (Å²) in [5.74, 6) is 0. The van der Waals surface area contributed by atoms with Crippen LogP contribution < -0.4 is 0 Å². The number of rotatable bonds is 4. The van der Waals surface area contributed by atoms with Crippen LogP contribution in [-0.4, -0.2) is 55.2 Å². The molecule has 3 rings (SSSR count). The molecule has 1 heterocycles. The van der Waals surface area contributed by atoms with Crippen LogP contribution in [0.5, 0.6) is 0 Å². The molecular weight excluding hydrogens is 260 g/mol. The second-order valence-corrected chi connectivity index (χ2v) is 6.42. The Bertz CT molecular complexity index is 414. The summed E-state index contributed by atoms with van der Waals surface area (Å²) in [6.45, 7) is 5.84. The molecule has 3 nitrogen and oxygen atoms in total. The fourth-order valence-electron chi connectivity index (χ4n) is 3.86. The Morgan fingerprint density at radius 3 is 2.43 bits per heavy atom. The normalized spacial score (nSPS) is 28.6. The van der Waals surface area contributed by atoms with Gasteiger partial charge in [-0.05, 0) is 18.4 Å². The van der Waals surface area contributed by atoms with Gasteiger partial charge in [-0.1, -0.05) is 43.2 Å². The van der Waals surface area contributed by atoms with Gasteiger partial charge in [0, 0.05) is 45.9 Å². The van der Waals surface area contributed by atoms with Gasteiger partial charge in [-0.2, -0.15) is 0 Å². The molecule has 21 heavy (non-hydrogen) atoms. The van der Waals surface area contributed by atoms with Gasteiger partial charge in [0.25, 0.3) is 0 Å². The molecule has 2 atom stereocenters. The highest BCUT2D eigenvalue weighted by Gasteiger charge is 2.31. The van der Waals surface area contributed by atoms with Gasteiger partial charge in [0.05, 0.1) is 6.10 Å². The van der Waals surface area contributed by atoms with Gasteiger partial charge in [-0.25, -0.2) is 0 Å². The minimum Gasteiger partial charge on any atom is -0.380 e. The molecule has 1 saturated carbocycles. The standard InChI is InChI=1S/C18H28N2O/c1-21-18-10-6-5-9-17(18)20-13-11-19(12-14-20)15-16-7-3-2-4-8-16/h2-4,7-8,17-18H,5-6,9-15H2,1H3. The molecule has 0 amide bonds. The first-order chi connectivity index (χ1) is 10.4. The van der Waals surface area contributed by atoms with Crippen molar-refractivity contribution in [2.75, 3.05) is 33.3 Å². The zero-order valence-electron chi connectivity index (χ0n) is 13.2. The van der Waals surface area contributed by atoms with E-state index in [1.807, 2.05) is 7.11 Å². The van der Waals surface area contributed by atoms with Crippen LogP contribution in [0.4, 0.5) is 0 Å². The van der Waals surface area contributed by atoms with Crippen molar-refractivity contribution in [1.29, 1.82) is 0 Å². The summed E-state index contributed by atoms with van der Waals surface area (Å²) in [6, 6.07) is 11.5. The number of hydrogen-bond acceptors (Lipinski definition) is 3. The highest BCUT2D eigenvalue weighted by molar-refractivity contribution is 5.14. The minimum absolute atomic E-state index is 0.458. The maximum atomic E-state index is 5.72. The van der Waals surface area contributed by atoms with Gasteiger partial charge in [0.1, 0.15) is 0 Å². The smallest absolute Gasteiger partial charge is 0.0726 e. The summed E-state index contributed by atoms with van der Waals surface area (Å²) in [5.41, 5.74) is 1.43. The lowest BCUT2D eigenvalue weighted by atomic mass is 9.90. The number of piperazine rings is 1. The maximum absolute atomic E-state index is 5.72. The van der Waals surface area contributed by atoms with Gasteiger partial charge in [0.2, 0.25) is 0 Å². The largest absolute Gasteiger partial charge is 0.380 e. The molecule has 2 unspecified atom stereocenters. The zero-order valence-corrected chi connectivity index (χ0v) is 13.2. The lowest BCUT2D eigenvalue weighted by Crippen LogP contribution is -2.54. The van der Waals surface area contributed by atoms with Gasteiger partial charge < -0.3 is 4.74 Å². The van der Waals surface area contributed by atoms with Gasteiger partial charge in [-0.3, -0.25) is 9.80 Å². The Morgan fingerprint density at radius 2 is 1.71 bits per heavy atom. The zero-order chi connectivity index (χ0) is 14.5. The number of benzene rings is 1. The predicted octanol–water partition coefficient (Wildman–Crippen LogP) is 2.76. The molecule has 1 saturated heterocycles. The van der Waals surface area contributed by atoms with Crippen molar-refractivity contribution < 1.29 is 4.74 Å². The first-order valence-electron chi connectivity index (χ1n) is 8.40. The third-order valence-corrected chi connectivity index (χ3v) is 5.10. The van der Waals surface area contributed by atoms with Crippen LogP contribution in [0, 0.1) is 0 Å². The summed E-state index contributed by atoms with van der Waals surface area (Å²) >= 11 is 0. The van der Waals surface area contributed by atoms with Crippen molar-refractivity contribution in [2.24, 2.45) is 0 Å². The SMILES string of the molecule is COC1CCCCC1N1CCN(Cc2ccccc2)CC1. The molecule has 0 radical (unpaired) electrons. The van der Waals surface area contributed by atoms with Gasteiger partial charge in [-0.15, -0.1) is 0 Å². The first kappa shape index (κ1) is 15.0. The molecule has 1 aromatic rings. The fourth-order valence-corrected chi connectivity index (χ4v) is 3.86. The van der Waals surface area contributed by atoms with Crippen molar-refractivity contribution in [3.63, 3.8) is 0 Å². The summed E-state index contributed by atoms with van der Waals surface area (Å²) in [4.78, 5) is 5.26. The van der Waals surface area contributed by atoms with E-state index in [-0.39, 0.29) is 0 Å². The molecule has 2 aliphatic rings. The minimum atomic E-state index is 0.458. The number of hydrogen-bond donors (Lipinski definition) is 0. The quantitative estimate of drug-likeness (QED) is 0.847.